The Labute approximate surface area is 645 Å². The molecule has 0 aromatic heterocycles. The number of phosphoric ester groups is 2. The molecule has 0 aliphatic heterocycles. The van der Waals surface area contributed by atoms with Crippen molar-refractivity contribution in [2.24, 2.45) is 17.8 Å². The Morgan fingerprint density at radius 1 is 0.276 bits per heavy atom. The third-order valence-corrected chi connectivity index (χ3v) is 22.4. The van der Waals surface area contributed by atoms with Crippen molar-refractivity contribution in [2.45, 2.75) is 471 Å². The largest absolute Gasteiger partial charge is 0.472 e. The van der Waals surface area contributed by atoms with Crippen LogP contribution in [0.5, 0.6) is 0 Å². The molecule has 17 nitrogen and oxygen atoms in total. The van der Waals surface area contributed by atoms with Crippen molar-refractivity contribution in [2.75, 3.05) is 39.6 Å². The van der Waals surface area contributed by atoms with Crippen molar-refractivity contribution in [1.82, 2.24) is 0 Å². The van der Waals surface area contributed by atoms with Gasteiger partial charge < -0.3 is 33.8 Å². The Morgan fingerprint density at radius 3 is 0.724 bits per heavy atom. The highest BCUT2D eigenvalue weighted by Crippen LogP contribution is 2.45. The van der Waals surface area contributed by atoms with Gasteiger partial charge in [0.15, 0.2) is 12.2 Å². The van der Waals surface area contributed by atoms with E-state index in [1.807, 2.05) is 0 Å². The summed E-state index contributed by atoms with van der Waals surface area (Å²) in [6.45, 7) is 12.0. The molecule has 624 valence electrons. The number of hydrogen-bond donors (Lipinski definition) is 3. The summed E-state index contributed by atoms with van der Waals surface area (Å²) in [5.74, 6) is 0.307. The molecule has 0 amide bonds. The minimum Gasteiger partial charge on any atom is -0.462 e. The lowest BCUT2D eigenvalue weighted by atomic mass is 9.99. The predicted octanol–water partition coefficient (Wildman–Crippen LogP) is 26.1. The van der Waals surface area contributed by atoms with E-state index in [9.17, 15) is 43.2 Å². The molecule has 0 heterocycles. The number of unbranched alkanes of at least 4 members (excludes halogenated alkanes) is 51. The maximum absolute atomic E-state index is 13.2. The topological polar surface area (TPSA) is 237 Å². The molecule has 3 unspecified atom stereocenters. The number of ether oxygens (including phenoxy) is 4. The number of hydrogen-bond acceptors (Lipinski definition) is 15. The maximum Gasteiger partial charge on any atom is 0.472 e. The van der Waals surface area contributed by atoms with Crippen molar-refractivity contribution in [3.8, 4) is 0 Å². The van der Waals surface area contributed by atoms with Gasteiger partial charge in [-0.3, -0.25) is 37.3 Å². The molecule has 19 heteroatoms. The molecule has 0 saturated carbocycles. The quantitative estimate of drug-likeness (QED) is 0.0222. The van der Waals surface area contributed by atoms with Gasteiger partial charge in [0.1, 0.15) is 19.3 Å². The molecule has 0 aliphatic rings. The van der Waals surface area contributed by atoms with Gasteiger partial charge in [-0.2, -0.15) is 0 Å². The molecular weight excluding hydrogens is 1370 g/mol. The van der Waals surface area contributed by atoms with E-state index >= 15 is 0 Å². The fraction of sp³-hybridized carbons (Fsp3) is 0.953. The van der Waals surface area contributed by atoms with E-state index < -0.39 is 97.5 Å². The molecule has 0 spiro atoms. The van der Waals surface area contributed by atoms with Crippen LogP contribution in [-0.4, -0.2) is 96.7 Å². The molecule has 105 heavy (non-hydrogen) atoms. The van der Waals surface area contributed by atoms with Crippen LogP contribution in [0.1, 0.15) is 453 Å². The van der Waals surface area contributed by atoms with Gasteiger partial charge in [-0.25, -0.2) is 9.13 Å². The van der Waals surface area contributed by atoms with Crippen LogP contribution in [0, 0.1) is 17.8 Å². The van der Waals surface area contributed by atoms with Gasteiger partial charge in [-0.15, -0.1) is 0 Å². The molecule has 0 aliphatic carbocycles. The van der Waals surface area contributed by atoms with Gasteiger partial charge in [0, 0.05) is 25.7 Å². The van der Waals surface area contributed by atoms with Gasteiger partial charge in [-0.1, -0.05) is 402 Å². The Balaban J connectivity index is 5.24. The standard InChI is InChI=1S/C86H168O17P2/c1-8-10-11-12-13-14-15-26-34-39-48-55-62-69-85(90)103-82(74-97-84(89)68-61-54-47-42-41-45-52-59-66-79(7)9-2)76-101-105(94,95)99-72-80(87)71-98-104(92,93)100-75-81(73-96-83(88)67-60-53-46-38-33-29-24-21-20-23-28-32-37-44-51-58-65-78(5)6)102-86(91)70-63-56-49-40-35-30-25-19-17-16-18-22-27-31-36-43-50-57-64-77(3)4/h77-82,87H,8-76H2,1-7H3,(H,92,93)(H,94,95)/t79?,80-,81-,82-/m1/s1. The van der Waals surface area contributed by atoms with Crippen LogP contribution in [0.15, 0.2) is 0 Å². The van der Waals surface area contributed by atoms with Crippen LogP contribution in [0.3, 0.4) is 0 Å². The van der Waals surface area contributed by atoms with Gasteiger partial charge >= 0.3 is 39.5 Å². The normalized spacial score (nSPS) is 14.1. The molecule has 0 fully saturated rings. The Kier molecular flexibility index (Phi) is 74.7. The smallest absolute Gasteiger partial charge is 0.462 e. The number of rotatable bonds is 84. The number of carbonyl (C=O) groups excluding carboxylic acids is 4. The van der Waals surface area contributed by atoms with E-state index in [0.29, 0.717) is 25.7 Å². The fourth-order valence-corrected chi connectivity index (χ4v) is 14.9. The van der Waals surface area contributed by atoms with Gasteiger partial charge in [0.05, 0.1) is 26.4 Å². The molecule has 0 aromatic carbocycles. The third-order valence-electron chi connectivity index (χ3n) is 20.5. The number of aliphatic hydroxyl groups excluding tert-OH is 1. The zero-order valence-electron chi connectivity index (χ0n) is 69.2. The molecule has 3 N–H and O–H groups in total. The lowest BCUT2D eigenvalue weighted by Crippen LogP contribution is -2.30. The number of carbonyl (C=O) groups is 4. The molecular formula is C86H168O17P2. The SMILES string of the molecule is CCCCCCCCCCCCCCCC(=O)O[C@H](COC(=O)CCCCCCCCCCC(C)CC)COP(=O)(O)OC[C@H](O)COP(=O)(O)OC[C@@H](COC(=O)CCCCCCCCCCCCCCCCCCC(C)C)OC(=O)CCCCCCCCCCCCCCCCCCCCC(C)C. The van der Waals surface area contributed by atoms with Crippen molar-refractivity contribution in [3.63, 3.8) is 0 Å². The second-order valence-corrected chi connectivity index (χ2v) is 35.0. The summed E-state index contributed by atoms with van der Waals surface area (Å²) in [5, 5.41) is 10.7. The monoisotopic (exact) mass is 1540 g/mol. The third kappa shape index (κ3) is 78.5. The zero-order chi connectivity index (χ0) is 77.2. The highest BCUT2D eigenvalue weighted by molar-refractivity contribution is 7.47. The lowest BCUT2D eigenvalue weighted by molar-refractivity contribution is -0.161. The highest BCUT2D eigenvalue weighted by atomic mass is 31.2. The predicted molar refractivity (Wildman–Crippen MR) is 432 cm³/mol. The zero-order valence-corrected chi connectivity index (χ0v) is 71.0. The second kappa shape index (κ2) is 76.1. The number of phosphoric acid groups is 2. The average Bonchev–Trinajstić information content (AvgIpc) is 0.914. The minimum absolute atomic E-state index is 0.107. The van der Waals surface area contributed by atoms with Crippen LogP contribution in [0.2, 0.25) is 0 Å². The summed E-state index contributed by atoms with van der Waals surface area (Å²) in [6, 6.07) is 0. The molecule has 0 bridgehead atoms. The van der Waals surface area contributed by atoms with E-state index in [-0.39, 0.29) is 25.7 Å². The van der Waals surface area contributed by atoms with E-state index in [2.05, 4.69) is 48.5 Å². The molecule has 0 saturated heterocycles. The Bertz CT molecular complexity index is 2030. The summed E-state index contributed by atoms with van der Waals surface area (Å²) < 4.78 is 68.9. The first-order chi connectivity index (χ1) is 50.8. The van der Waals surface area contributed by atoms with E-state index in [1.54, 1.807) is 0 Å². The Hall–Kier alpha value is -1.94. The number of aliphatic hydroxyl groups is 1. The van der Waals surface area contributed by atoms with E-state index in [4.69, 9.17) is 37.0 Å². The van der Waals surface area contributed by atoms with Crippen molar-refractivity contribution >= 4 is 39.5 Å². The second-order valence-electron chi connectivity index (χ2n) is 32.1. The van der Waals surface area contributed by atoms with Crippen molar-refractivity contribution in [3.05, 3.63) is 0 Å². The lowest BCUT2D eigenvalue weighted by Gasteiger charge is -2.21. The average molecular weight is 1540 g/mol. The Morgan fingerprint density at radius 2 is 0.486 bits per heavy atom. The molecule has 0 aromatic rings. The van der Waals surface area contributed by atoms with Crippen LogP contribution in [0.4, 0.5) is 0 Å². The summed E-state index contributed by atoms with van der Waals surface area (Å²) in [4.78, 5) is 73.2. The van der Waals surface area contributed by atoms with Crippen molar-refractivity contribution < 1.29 is 80.2 Å². The summed E-state index contributed by atoms with van der Waals surface area (Å²) >= 11 is 0. The molecule has 0 rings (SSSR count). The van der Waals surface area contributed by atoms with Crippen molar-refractivity contribution in [1.29, 1.82) is 0 Å². The molecule has 6 atom stereocenters. The van der Waals surface area contributed by atoms with Gasteiger partial charge in [0.2, 0.25) is 0 Å². The summed E-state index contributed by atoms with van der Waals surface area (Å²) in [6.07, 6.45) is 66.6. The maximum atomic E-state index is 13.2. The summed E-state index contributed by atoms with van der Waals surface area (Å²) in [5.41, 5.74) is 0. The van der Waals surface area contributed by atoms with Crippen LogP contribution < -0.4 is 0 Å². The van der Waals surface area contributed by atoms with Gasteiger partial charge in [-0.05, 0) is 43.4 Å². The van der Waals surface area contributed by atoms with Crippen LogP contribution in [0.25, 0.3) is 0 Å². The van der Waals surface area contributed by atoms with Crippen LogP contribution >= 0.6 is 15.6 Å². The highest BCUT2D eigenvalue weighted by Gasteiger charge is 2.30. The van der Waals surface area contributed by atoms with E-state index in [1.165, 1.54) is 263 Å². The fourth-order valence-electron chi connectivity index (χ4n) is 13.3. The first-order valence-corrected chi connectivity index (χ1v) is 47.4. The molecule has 0 radical (unpaired) electrons. The van der Waals surface area contributed by atoms with E-state index in [0.717, 1.165) is 108 Å². The van der Waals surface area contributed by atoms with Gasteiger partial charge in [0.25, 0.3) is 0 Å². The number of esters is 4. The summed E-state index contributed by atoms with van der Waals surface area (Å²) in [7, 11) is -9.93. The minimum atomic E-state index is -4.97. The first kappa shape index (κ1) is 103. The first-order valence-electron chi connectivity index (χ1n) is 44.4. The van der Waals surface area contributed by atoms with Crippen LogP contribution in [-0.2, 0) is 65.4 Å².